The van der Waals surface area contributed by atoms with Crippen molar-refractivity contribution in [3.63, 3.8) is 0 Å². The topological polar surface area (TPSA) is 46.6 Å². The van der Waals surface area contributed by atoms with Crippen LogP contribution in [0, 0.1) is 0 Å². The number of nitrogens with zero attached hydrogens (tertiary/aromatic N) is 1. The van der Waals surface area contributed by atoms with Crippen LogP contribution < -0.4 is 9.64 Å². The Morgan fingerprint density at radius 3 is 2.65 bits per heavy atom. The van der Waals surface area contributed by atoms with Crippen molar-refractivity contribution in [2.45, 2.75) is 32.2 Å². The molecule has 1 aliphatic rings. The van der Waals surface area contributed by atoms with E-state index >= 15 is 0 Å². The molecule has 0 spiro atoms. The normalized spacial score (nSPS) is 17.5. The maximum absolute atomic E-state index is 12.8. The number of amides is 1. The highest BCUT2D eigenvalue weighted by molar-refractivity contribution is 7.85. The highest BCUT2D eigenvalue weighted by Gasteiger charge is 2.28. The van der Waals surface area contributed by atoms with Crippen molar-refractivity contribution in [1.82, 2.24) is 0 Å². The molecule has 138 valence electrons. The molecule has 0 bridgehead atoms. The van der Waals surface area contributed by atoms with E-state index in [0.29, 0.717) is 12.2 Å². The summed E-state index contributed by atoms with van der Waals surface area (Å²) in [6, 6.07) is 15.9. The van der Waals surface area contributed by atoms with E-state index in [4.69, 9.17) is 4.74 Å². The molecule has 1 amide bonds. The number of anilines is 1. The molecule has 0 aliphatic carbocycles. The van der Waals surface area contributed by atoms with Gasteiger partial charge in [0, 0.05) is 28.3 Å². The van der Waals surface area contributed by atoms with Gasteiger partial charge < -0.3 is 9.64 Å². The van der Waals surface area contributed by atoms with E-state index in [9.17, 15) is 9.00 Å². The van der Waals surface area contributed by atoms with Crippen molar-refractivity contribution >= 4 is 22.4 Å². The first kappa shape index (κ1) is 18.6. The summed E-state index contributed by atoms with van der Waals surface area (Å²) >= 11 is 0. The number of methoxy groups -OCH3 is 1. The fourth-order valence-corrected chi connectivity index (χ4v) is 4.39. The molecule has 0 fully saturated rings. The number of hydrogen-bond donors (Lipinski definition) is 0. The Balaban J connectivity index is 1.59. The Kier molecular flexibility index (Phi) is 6.09. The van der Waals surface area contributed by atoms with Gasteiger partial charge in [0.25, 0.3) is 0 Å². The molecule has 0 unspecified atom stereocenters. The predicted octanol–water partition coefficient (Wildman–Crippen LogP) is 3.35. The van der Waals surface area contributed by atoms with Gasteiger partial charge in [0.05, 0.1) is 7.11 Å². The number of fused-ring (bicyclic) bond motifs is 1. The molecule has 5 heteroatoms. The van der Waals surface area contributed by atoms with E-state index in [2.05, 4.69) is 13.0 Å². The molecule has 0 N–H and O–H groups in total. The first-order valence-corrected chi connectivity index (χ1v) is 10.4. The molecular formula is C21H25NO3S. The van der Waals surface area contributed by atoms with Gasteiger partial charge in [0.2, 0.25) is 5.91 Å². The lowest BCUT2D eigenvalue weighted by atomic mass is 9.97. The lowest BCUT2D eigenvalue weighted by molar-refractivity contribution is -0.116. The first-order valence-electron chi connectivity index (χ1n) is 8.96. The van der Waals surface area contributed by atoms with Crippen molar-refractivity contribution in [2.24, 2.45) is 0 Å². The molecule has 0 saturated heterocycles. The molecule has 1 aliphatic heterocycles. The minimum Gasteiger partial charge on any atom is -0.497 e. The Morgan fingerprint density at radius 1 is 1.19 bits per heavy atom. The van der Waals surface area contributed by atoms with Crippen molar-refractivity contribution in [3.8, 4) is 5.75 Å². The van der Waals surface area contributed by atoms with E-state index in [1.807, 2.05) is 47.4 Å². The number of hydrogen-bond acceptors (Lipinski definition) is 3. The summed E-state index contributed by atoms with van der Waals surface area (Å²) in [7, 11) is 0.461. The maximum Gasteiger partial charge on any atom is 0.239 e. The Bertz CT molecular complexity index is 788. The minimum absolute atomic E-state index is 0.0438. The molecule has 2 aromatic rings. The number of carbonyl (C=O) groups excluding carboxylic acids is 1. The predicted molar refractivity (Wildman–Crippen MR) is 106 cm³/mol. The molecule has 3 rings (SSSR count). The standard InChI is InChI=1S/C21H25NO3S/c1-16-7-10-18-5-3-4-6-20(18)22(16)21(23)15-26(24)14-13-17-8-11-19(25-2)12-9-17/h3-6,8-9,11-12,16H,7,10,13-15H2,1-2H3/t16-,26+/m0/s1. The number of aryl methyl sites for hydroxylation is 2. The highest BCUT2D eigenvalue weighted by atomic mass is 32.2. The molecule has 0 aromatic heterocycles. The molecular weight excluding hydrogens is 346 g/mol. The van der Waals surface area contributed by atoms with Crippen LogP contribution in [0.1, 0.15) is 24.5 Å². The van der Waals surface area contributed by atoms with Crippen LogP contribution in [0.3, 0.4) is 0 Å². The van der Waals surface area contributed by atoms with E-state index in [-0.39, 0.29) is 17.7 Å². The average molecular weight is 372 g/mol. The van der Waals surface area contributed by atoms with Gasteiger partial charge in [-0.05, 0) is 55.5 Å². The van der Waals surface area contributed by atoms with Gasteiger partial charge in [0.15, 0.2) is 0 Å². The Morgan fingerprint density at radius 2 is 1.92 bits per heavy atom. The number of carbonyl (C=O) groups is 1. The summed E-state index contributed by atoms with van der Waals surface area (Å²) in [6.07, 6.45) is 2.62. The smallest absolute Gasteiger partial charge is 0.239 e. The maximum atomic E-state index is 12.8. The van der Waals surface area contributed by atoms with Crippen LogP contribution in [0.15, 0.2) is 48.5 Å². The third-order valence-electron chi connectivity index (χ3n) is 4.85. The molecule has 1 heterocycles. The van der Waals surface area contributed by atoms with E-state index in [0.717, 1.165) is 29.8 Å². The molecule has 2 aromatic carbocycles. The molecule has 2 atom stereocenters. The van der Waals surface area contributed by atoms with Gasteiger partial charge in [-0.2, -0.15) is 0 Å². The van der Waals surface area contributed by atoms with E-state index < -0.39 is 10.8 Å². The molecule has 26 heavy (non-hydrogen) atoms. The van der Waals surface area contributed by atoms with Gasteiger partial charge in [-0.15, -0.1) is 0 Å². The second kappa shape index (κ2) is 8.49. The van der Waals surface area contributed by atoms with Crippen LogP contribution in [0.4, 0.5) is 5.69 Å². The second-order valence-electron chi connectivity index (χ2n) is 6.67. The third kappa shape index (κ3) is 4.33. The van der Waals surface area contributed by atoms with Crippen molar-refractivity contribution in [1.29, 1.82) is 0 Å². The van der Waals surface area contributed by atoms with Crippen LogP contribution in [0.2, 0.25) is 0 Å². The van der Waals surface area contributed by atoms with Gasteiger partial charge in [-0.3, -0.25) is 9.00 Å². The monoisotopic (exact) mass is 371 g/mol. The summed E-state index contributed by atoms with van der Waals surface area (Å²) in [5, 5.41) is 0. The summed E-state index contributed by atoms with van der Waals surface area (Å²) < 4.78 is 17.6. The third-order valence-corrected chi connectivity index (χ3v) is 6.08. The lowest BCUT2D eigenvalue weighted by Gasteiger charge is -2.35. The summed E-state index contributed by atoms with van der Waals surface area (Å²) in [5.41, 5.74) is 3.27. The van der Waals surface area contributed by atoms with Crippen LogP contribution in [0.5, 0.6) is 5.75 Å². The van der Waals surface area contributed by atoms with Crippen molar-refractivity contribution in [2.75, 3.05) is 23.5 Å². The molecule has 0 radical (unpaired) electrons. The zero-order valence-corrected chi connectivity index (χ0v) is 16.1. The quantitative estimate of drug-likeness (QED) is 0.782. The largest absolute Gasteiger partial charge is 0.497 e. The van der Waals surface area contributed by atoms with Gasteiger partial charge in [-0.1, -0.05) is 30.3 Å². The number of rotatable bonds is 6. The molecule has 4 nitrogen and oxygen atoms in total. The zero-order valence-electron chi connectivity index (χ0n) is 15.3. The summed E-state index contributed by atoms with van der Waals surface area (Å²) in [6.45, 7) is 2.06. The van der Waals surface area contributed by atoms with Crippen LogP contribution >= 0.6 is 0 Å². The highest BCUT2D eigenvalue weighted by Crippen LogP contribution is 2.30. The van der Waals surface area contributed by atoms with Gasteiger partial charge >= 0.3 is 0 Å². The molecule has 0 saturated carbocycles. The van der Waals surface area contributed by atoms with E-state index in [1.54, 1.807) is 7.11 Å². The Hall–Kier alpha value is -2.14. The summed E-state index contributed by atoms with van der Waals surface area (Å²) in [5.74, 6) is 1.33. The fraction of sp³-hybridized carbons (Fsp3) is 0.381. The zero-order chi connectivity index (χ0) is 18.5. The van der Waals surface area contributed by atoms with Gasteiger partial charge in [0.1, 0.15) is 11.5 Å². The van der Waals surface area contributed by atoms with Crippen LogP contribution in [-0.2, 0) is 28.4 Å². The summed E-state index contributed by atoms with van der Waals surface area (Å²) in [4.78, 5) is 14.6. The van der Waals surface area contributed by atoms with Crippen LogP contribution in [-0.4, -0.2) is 34.8 Å². The van der Waals surface area contributed by atoms with Crippen molar-refractivity contribution < 1.29 is 13.7 Å². The lowest BCUT2D eigenvalue weighted by Crippen LogP contribution is -2.44. The fourth-order valence-electron chi connectivity index (χ4n) is 3.37. The second-order valence-corrected chi connectivity index (χ2v) is 8.24. The average Bonchev–Trinajstić information content (AvgIpc) is 2.66. The van der Waals surface area contributed by atoms with Crippen molar-refractivity contribution in [3.05, 3.63) is 59.7 Å². The van der Waals surface area contributed by atoms with E-state index in [1.165, 1.54) is 5.56 Å². The van der Waals surface area contributed by atoms with Gasteiger partial charge in [-0.25, -0.2) is 0 Å². The van der Waals surface area contributed by atoms with Crippen LogP contribution in [0.25, 0.3) is 0 Å². The number of benzene rings is 2. The minimum atomic E-state index is -1.17. The number of ether oxygens (including phenoxy) is 1. The Labute approximate surface area is 157 Å². The first-order chi connectivity index (χ1) is 12.6. The number of para-hydroxylation sites is 1. The SMILES string of the molecule is COc1ccc(CC[S@@](=O)CC(=O)N2c3ccccc3CC[C@@H]2C)cc1.